The van der Waals surface area contributed by atoms with E-state index in [-0.39, 0.29) is 0 Å². The van der Waals surface area contributed by atoms with Gasteiger partial charge in [-0.3, -0.25) is 4.79 Å². The Balaban J connectivity index is 3.06. The molecule has 13 heavy (non-hydrogen) atoms. The lowest BCUT2D eigenvalue weighted by Gasteiger charge is -2.33. The highest BCUT2D eigenvalue weighted by Gasteiger charge is 2.39. The Labute approximate surface area is 77.7 Å². The first-order chi connectivity index (χ1) is 6.01. The summed E-state index contributed by atoms with van der Waals surface area (Å²) in [4.78, 5) is 11.0. The number of methoxy groups -OCH3 is 1. The number of aliphatic carboxylic acids is 1. The lowest BCUT2D eigenvalue weighted by molar-refractivity contribution is -0.147. The van der Waals surface area contributed by atoms with E-state index in [9.17, 15) is 4.79 Å². The van der Waals surface area contributed by atoms with E-state index >= 15 is 0 Å². The van der Waals surface area contributed by atoms with Crippen LogP contribution in [0.1, 0.15) is 13.8 Å². The number of rotatable bonds is 2. The van der Waals surface area contributed by atoms with Gasteiger partial charge in [-0.1, -0.05) is 23.8 Å². The quantitative estimate of drug-likeness (QED) is 0.705. The second-order valence-corrected chi connectivity index (χ2v) is 3.43. The zero-order valence-electron chi connectivity index (χ0n) is 8.07. The molecule has 3 heteroatoms. The van der Waals surface area contributed by atoms with E-state index in [0.29, 0.717) is 0 Å². The summed E-state index contributed by atoms with van der Waals surface area (Å²) in [6, 6.07) is 0. The molecule has 0 radical (unpaired) electrons. The summed E-state index contributed by atoms with van der Waals surface area (Å²) in [5.74, 6) is -1.43. The number of hydrogen-bond acceptors (Lipinski definition) is 2. The van der Waals surface area contributed by atoms with E-state index in [0.717, 1.165) is 5.57 Å². The second kappa shape index (κ2) is 3.34. The van der Waals surface area contributed by atoms with Crippen LogP contribution in [-0.2, 0) is 9.53 Å². The summed E-state index contributed by atoms with van der Waals surface area (Å²) in [7, 11) is 1.53. The Kier molecular flexibility index (Phi) is 2.57. The average molecular weight is 182 g/mol. The molecule has 72 valence electrons. The number of hydrogen-bond donors (Lipinski definition) is 1. The predicted molar refractivity (Wildman–Crippen MR) is 49.4 cm³/mol. The first-order valence-electron chi connectivity index (χ1n) is 4.15. The van der Waals surface area contributed by atoms with Crippen molar-refractivity contribution in [3.8, 4) is 0 Å². The second-order valence-electron chi connectivity index (χ2n) is 3.43. The topological polar surface area (TPSA) is 46.5 Å². The maximum atomic E-state index is 11.0. The van der Waals surface area contributed by atoms with Gasteiger partial charge in [-0.05, 0) is 13.8 Å². The smallest absolute Gasteiger partial charge is 0.313 e. The van der Waals surface area contributed by atoms with Crippen LogP contribution >= 0.6 is 0 Å². The first kappa shape index (κ1) is 9.99. The molecule has 0 aromatic rings. The van der Waals surface area contributed by atoms with Crippen molar-refractivity contribution in [3.63, 3.8) is 0 Å². The van der Waals surface area contributed by atoms with Gasteiger partial charge in [0.05, 0.1) is 0 Å². The minimum atomic E-state index is -0.845. The van der Waals surface area contributed by atoms with Gasteiger partial charge in [0.15, 0.2) is 0 Å². The zero-order chi connectivity index (χ0) is 10.1. The third kappa shape index (κ3) is 1.65. The van der Waals surface area contributed by atoms with Gasteiger partial charge in [0, 0.05) is 7.11 Å². The highest BCUT2D eigenvalue weighted by molar-refractivity contribution is 5.76. The zero-order valence-corrected chi connectivity index (χ0v) is 8.07. The fourth-order valence-electron chi connectivity index (χ4n) is 1.66. The third-order valence-electron chi connectivity index (χ3n) is 2.50. The van der Waals surface area contributed by atoms with Crippen molar-refractivity contribution in [2.75, 3.05) is 7.11 Å². The molecule has 1 aliphatic rings. The summed E-state index contributed by atoms with van der Waals surface area (Å²) in [6.07, 6.45) is 5.41. The lowest BCUT2D eigenvalue weighted by atomic mass is 9.80. The monoisotopic (exact) mass is 182 g/mol. The van der Waals surface area contributed by atoms with Gasteiger partial charge in [-0.15, -0.1) is 0 Å². The summed E-state index contributed by atoms with van der Waals surface area (Å²) >= 11 is 0. The molecule has 0 fully saturated rings. The van der Waals surface area contributed by atoms with Crippen LogP contribution in [0.5, 0.6) is 0 Å². The van der Waals surface area contributed by atoms with Crippen LogP contribution in [0.15, 0.2) is 23.8 Å². The van der Waals surface area contributed by atoms with Crippen LogP contribution in [0.3, 0.4) is 0 Å². The highest BCUT2D eigenvalue weighted by atomic mass is 16.5. The molecule has 2 atom stereocenters. The molecule has 2 unspecified atom stereocenters. The lowest BCUT2D eigenvalue weighted by Crippen LogP contribution is -2.41. The number of carboxylic acids is 1. The molecule has 0 saturated carbocycles. The number of allylic oxidation sites excluding steroid dienone is 2. The van der Waals surface area contributed by atoms with Gasteiger partial charge in [-0.2, -0.15) is 0 Å². The molecule has 0 spiro atoms. The highest BCUT2D eigenvalue weighted by Crippen LogP contribution is 2.32. The molecule has 1 N–H and O–H groups in total. The van der Waals surface area contributed by atoms with E-state index in [1.807, 2.05) is 6.08 Å². The molecule has 0 saturated heterocycles. The molecule has 1 aliphatic carbocycles. The molecule has 0 heterocycles. The predicted octanol–water partition coefficient (Wildman–Crippen LogP) is 1.61. The van der Waals surface area contributed by atoms with E-state index in [1.54, 1.807) is 26.0 Å². The Morgan fingerprint density at radius 3 is 2.69 bits per heavy atom. The number of ether oxygens (including phenoxy) is 1. The van der Waals surface area contributed by atoms with E-state index in [4.69, 9.17) is 9.84 Å². The van der Waals surface area contributed by atoms with Gasteiger partial charge in [0.2, 0.25) is 0 Å². The van der Waals surface area contributed by atoms with Crippen molar-refractivity contribution in [3.05, 3.63) is 23.8 Å². The summed E-state index contributed by atoms with van der Waals surface area (Å²) in [5.41, 5.74) is 0.101. The van der Waals surface area contributed by atoms with Crippen LogP contribution in [0.4, 0.5) is 0 Å². The molecular formula is C10H14O3. The van der Waals surface area contributed by atoms with Crippen LogP contribution in [0, 0.1) is 5.92 Å². The SMILES string of the molecule is COC1(C)C=CC=C(C)C1C(=O)O. The standard InChI is InChI=1S/C10H14O3/c1-7-5-4-6-10(2,13-3)8(7)9(11)12/h4-6,8H,1-3H3,(H,11,12). The Bertz CT molecular complexity index is 278. The number of carboxylic acid groups (broad SMARTS) is 1. The fraction of sp³-hybridized carbons (Fsp3) is 0.500. The van der Waals surface area contributed by atoms with Crippen molar-refractivity contribution < 1.29 is 14.6 Å². The van der Waals surface area contributed by atoms with Crippen molar-refractivity contribution in [2.24, 2.45) is 5.92 Å². The van der Waals surface area contributed by atoms with Crippen LogP contribution in [0.2, 0.25) is 0 Å². The molecule has 0 amide bonds. The van der Waals surface area contributed by atoms with Crippen molar-refractivity contribution in [1.29, 1.82) is 0 Å². The van der Waals surface area contributed by atoms with Gasteiger partial charge in [0.1, 0.15) is 11.5 Å². The maximum absolute atomic E-state index is 11.0. The largest absolute Gasteiger partial charge is 0.481 e. The molecule has 0 aliphatic heterocycles. The van der Waals surface area contributed by atoms with E-state index in [2.05, 4.69) is 0 Å². The minimum Gasteiger partial charge on any atom is -0.481 e. The van der Waals surface area contributed by atoms with E-state index in [1.165, 1.54) is 7.11 Å². The van der Waals surface area contributed by atoms with Gasteiger partial charge >= 0.3 is 5.97 Å². The number of carbonyl (C=O) groups is 1. The maximum Gasteiger partial charge on any atom is 0.313 e. The summed E-state index contributed by atoms with van der Waals surface area (Å²) in [5, 5.41) is 9.02. The summed E-state index contributed by atoms with van der Waals surface area (Å²) in [6.45, 7) is 3.58. The van der Waals surface area contributed by atoms with Crippen molar-refractivity contribution in [2.45, 2.75) is 19.4 Å². The molecular weight excluding hydrogens is 168 g/mol. The molecule has 3 nitrogen and oxygen atoms in total. The Morgan fingerprint density at radius 2 is 2.31 bits per heavy atom. The van der Waals surface area contributed by atoms with Gasteiger partial charge < -0.3 is 9.84 Å². The van der Waals surface area contributed by atoms with E-state index < -0.39 is 17.5 Å². The summed E-state index contributed by atoms with van der Waals surface area (Å²) < 4.78 is 5.21. The third-order valence-corrected chi connectivity index (χ3v) is 2.50. The van der Waals surface area contributed by atoms with Gasteiger partial charge in [-0.25, -0.2) is 0 Å². The van der Waals surface area contributed by atoms with Crippen molar-refractivity contribution >= 4 is 5.97 Å². The average Bonchev–Trinajstić information content (AvgIpc) is 2.03. The normalized spacial score (nSPS) is 32.8. The first-order valence-corrected chi connectivity index (χ1v) is 4.15. The molecule has 0 aromatic heterocycles. The Morgan fingerprint density at radius 1 is 1.69 bits per heavy atom. The molecule has 0 bridgehead atoms. The fourth-order valence-corrected chi connectivity index (χ4v) is 1.66. The van der Waals surface area contributed by atoms with Crippen molar-refractivity contribution in [1.82, 2.24) is 0 Å². The van der Waals surface area contributed by atoms with Crippen LogP contribution in [0.25, 0.3) is 0 Å². The Hall–Kier alpha value is -1.09. The minimum absolute atomic E-state index is 0.581. The van der Waals surface area contributed by atoms with Gasteiger partial charge in [0.25, 0.3) is 0 Å². The molecule has 1 rings (SSSR count). The van der Waals surface area contributed by atoms with Crippen LogP contribution < -0.4 is 0 Å². The molecule has 0 aromatic carbocycles. The van der Waals surface area contributed by atoms with Crippen LogP contribution in [-0.4, -0.2) is 23.8 Å².